The third kappa shape index (κ3) is 4.02. The van der Waals surface area contributed by atoms with Gasteiger partial charge in [0.25, 0.3) is 0 Å². The molecule has 0 bridgehead atoms. The van der Waals surface area contributed by atoms with Crippen LogP contribution >= 0.6 is 11.3 Å². The summed E-state index contributed by atoms with van der Waals surface area (Å²) in [5.41, 5.74) is -0.0150. The summed E-state index contributed by atoms with van der Waals surface area (Å²) < 4.78 is 4.82. The molecule has 2 N–H and O–H groups in total. The third-order valence-corrected chi connectivity index (χ3v) is 3.21. The Kier molecular flexibility index (Phi) is 5.43. The van der Waals surface area contributed by atoms with Gasteiger partial charge in [-0.15, -0.1) is 0 Å². The van der Waals surface area contributed by atoms with Gasteiger partial charge in [0.15, 0.2) is 16.6 Å². The topological polar surface area (TPSA) is 97.4 Å². The number of likely N-dealkylation sites (N-methyl/N-ethyl adjacent to an activating group) is 1. The molecule has 0 saturated heterocycles. The standard InChI is InChI=1S/C11H15N3O4S/c1-4-18-10(17)8-9(6(2)15)19-11(14-8)13-5-7(16)12-3/h4-5H2,1-3H3,(H,12,16)(H,13,14). The first-order valence-corrected chi connectivity index (χ1v) is 6.44. The molecular weight excluding hydrogens is 270 g/mol. The van der Waals surface area contributed by atoms with Crippen molar-refractivity contribution in [2.75, 3.05) is 25.5 Å². The summed E-state index contributed by atoms with van der Waals surface area (Å²) in [6.07, 6.45) is 0. The number of carbonyl (C=O) groups is 3. The van der Waals surface area contributed by atoms with Crippen LogP contribution in [0.2, 0.25) is 0 Å². The number of carbonyl (C=O) groups excluding carboxylic acids is 3. The number of hydrogen-bond donors (Lipinski definition) is 2. The molecule has 0 aromatic carbocycles. The lowest BCUT2D eigenvalue weighted by atomic mass is 10.3. The van der Waals surface area contributed by atoms with Gasteiger partial charge in [-0.05, 0) is 6.92 Å². The Hall–Kier alpha value is -1.96. The maximum Gasteiger partial charge on any atom is 0.358 e. The number of rotatable bonds is 6. The molecule has 0 aliphatic rings. The van der Waals surface area contributed by atoms with E-state index in [1.807, 2.05) is 0 Å². The molecule has 7 nitrogen and oxygen atoms in total. The van der Waals surface area contributed by atoms with Crippen molar-refractivity contribution in [3.05, 3.63) is 10.6 Å². The molecule has 0 atom stereocenters. The molecule has 1 aromatic heterocycles. The van der Waals surface area contributed by atoms with Gasteiger partial charge in [0.1, 0.15) is 4.88 Å². The molecule has 1 rings (SSSR count). The lowest BCUT2D eigenvalue weighted by molar-refractivity contribution is -0.118. The lowest BCUT2D eigenvalue weighted by Gasteiger charge is -2.00. The molecule has 104 valence electrons. The van der Waals surface area contributed by atoms with E-state index in [1.165, 1.54) is 14.0 Å². The maximum atomic E-state index is 11.6. The van der Waals surface area contributed by atoms with E-state index in [-0.39, 0.29) is 35.4 Å². The first kappa shape index (κ1) is 15.1. The average Bonchev–Trinajstić information content (AvgIpc) is 2.80. The Morgan fingerprint density at radius 2 is 2.05 bits per heavy atom. The van der Waals surface area contributed by atoms with Crippen molar-refractivity contribution in [2.45, 2.75) is 13.8 Å². The number of hydrogen-bond acceptors (Lipinski definition) is 7. The van der Waals surface area contributed by atoms with Gasteiger partial charge in [0, 0.05) is 14.0 Å². The summed E-state index contributed by atoms with van der Waals surface area (Å²) in [6, 6.07) is 0. The van der Waals surface area contributed by atoms with Crippen molar-refractivity contribution in [2.24, 2.45) is 0 Å². The lowest BCUT2D eigenvalue weighted by Crippen LogP contribution is -2.26. The minimum Gasteiger partial charge on any atom is -0.461 e. The molecule has 0 fully saturated rings. The number of ether oxygens (including phenoxy) is 1. The predicted molar refractivity (Wildman–Crippen MR) is 70.6 cm³/mol. The van der Waals surface area contributed by atoms with Crippen molar-refractivity contribution in [3.8, 4) is 0 Å². The molecule has 1 amide bonds. The molecular formula is C11H15N3O4S. The van der Waals surface area contributed by atoms with Gasteiger partial charge in [0.05, 0.1) is 13.2 Å². The fourth-order valence-electron chi connectivity index (χ4n) is 1.22. The molecule has 1 heterocycles. The van der Waals surface area contributed by atoms with Gasteiger partial charge in [-0.1, -0.05) is 11.3 Å². The molecule has 0 radical (unpaired) electrons. The highest BCUT2D eigenvalue weighted by Crippen LogP contribution is 2.24. The van der Waals surface area contributed by atoms with Crippen LogP contribution in [0.3, 0.4) is 0 Å². The molecule has 19 heavy (non-hydrogen) atoms. The van der Waals surface area contributed by atoms with Gasteiger partial charge in [0.2, 0.25) is 5.91 Å². The van der Waals surface area contributed by atoms with E-state index < -0.39 is 5.97 Å². The van der Waals surface area contributed by atoms with Crippen LogP contribution < -0.4 is 10.6 Å². The van der Waals surface area contributed by atoms with E-state index in [1.54, 1.807) is 6.92 Å². The quantitative estimate of drug-likeness (QED) is 0.589. The first-order valence-electron chi connectivity index (χ1n) is 5.62. The number of esters is 1. The number of aromatic nitrogens is 1. The average molecular weight is 285 g/mol. The SMILES string of the molecule is CCOC(=O)c1nc(NCC(=O)NC)sc1C(C)=O. The summed E-state index contributed by atoms with van der Waals surface area (Å²) in [5.74, 6) is -1.14. The Morgan fingerprint density at radius 1 is 1.37 bits per heavy atom. The smallest absolute Gasteiger partial charge is 0.358 e. The number of thiazole rings is 1. The maximum absolute atomic E-state index is 11.6. The second-order valence-corrected chi connectivity index (χ2v) is 4.50. The van der Waals surface area contributed by atoms with Crippen LogP contribution in [0.1, 0.15) is 34.0 Å². The monoisotopic (exact) mass is 285 g/mol. The van der Waals surface area contributed by atoms with E-state index in [9.17, 15) is 14.4 Å². The molecule has 0 unspecified atom stereocenters. The number of ketones is 1. The Bertz CT molecular complexity index is 498. The van der Waals surface area contributed by atoms with Crippen LogP contribution in [0.15, 0.2) is 0 Å². The zero-order valence-electron chi connectivity index (χ0n) is 10.9. The molecule has 0 spiro atoms. The van der Waals surface area contributed by atoms with Gasteiger partial charge in [-0.2, -0.15) is 0 Å². The minimum atomic E-state index is -0.642. The second kappa shape index (κ2) is 6.83. The molecule has 8 heteroatoms. The van der Waals surface area contributed by atoms with Crippen molar-refractivity contribution in [1.29, 1.82) is 0 Å². The van der Waals surface area contributed by atoms with E-state index in [2.05, 4.69) is 15.6 Å². The van der Waals surface area contributed by atoms with Crippen LogP contribution in [0, 0.1) is 0 Å². The highest BCUT2D eigenvalue weighted by atomic mass is 32.1. The van der Waals surface area contributed by atoms with E-state index in [0.717, 1.165) is 11.3 Å². The van der Waals surface area contributed by atoms with Crippen LogP contribution in [0.4, 0.5) is 5.13 Å². The summed E-state index contributed by atoms with van der Waals surface area (Å²) in [5, 5.41) is 5.51. The third-order valence-electron chi connectivity index (χ3n) is 2.09. The van der Waals surface area contributed by atoms with Crippen molar-refractivity contribution in [1.82, 2.24) is 10.3 Å². The highest BCUT2D eigenvalue weighted by Gasteiger charge is 2.22. The highest BCUT2D eigenvalue weighted by molar-refractivity contribution is 7.17. The molecule has 0 saturated carbocycles. The normalized spacial score (nSPS) is 9.84. The summed E-state index contributed by atoms with van der Waals surface area (Å²) in [4.78, 5) is 38.4. The Balaban J connectivity index is 2.91. The zero-order valence-corrected chi connectivity index (χ0v) is 11.7. The van der Waals surface area contributed by atoms with Crippen molar-refractivity contribution >= 4 is 34.1 Å². The largest absolute Gasteiger partial charge is 0.461 e. The van der Waals surface area contributed by atoms with Crippen LogP contribution in [-0.2, 0) is 9.53 Å². The van der Waals surface area contributed by atoms with Crippen LogP contribution in [0.5, 0.6) is 0 Å². The number of Topliss-reactive ketones (excluding diaryl/α,β-unsaturated/α-hetero) is 1. The summed E-state index contributed by atoms with van der Waals surface area (Å²) >= 11 is 1.02. The molecule has 0 aliphatic heterocycles. The number of anilines is 1. The first-order chi connectivity index (χ1) is 8.99. The van der Waals surface area contributed by atoms with E-state index >= 15 is 0 Å². The minimum absolute atomic E-state index is 0.0150. The number of nitrogens with one attached hydrogen (secondary N) is 2. The Morgan fingerprint density at radius 3 is 2.58 bits per heavy atom. The van der Waals surface area contributed by atoms with Gasteiger partial charge >= 0.3 is 5.97 Å². The van der Waals surface area contributed by atoms with Gasteiger partial charge in [-0.25, -0.2) is 9.78 Å². The van der Waals surface area contributed by atoms with Gasteiger partial charge < -0.3 is 15.4 Å². The summed E-state index contributed by atoms with van der Waals surface area (Å²) in [6.45, 7) is 3.24. The molecule has 1 aromatic rings. The zero-order chi connectivity index (χ0) is 14.4. The number of amides is 1. The number of nitrogens with zero attached hydrogens (tertiary/aromatic N) is 1. The van der Waals surface area contributed by atoms with Gasteiger partial charge in [-0.3, -0.25) is 9.59 Å². The fraction of sp³-hybridized carbons (Fsp3) is 0.455. The summed E-state index contributed by atoms with van der Waals surface area (Å²) in [7, 11) is 1.51. The molecule has 0 aliphatic carbocycles. The van der Waals surface area contributed by atoms with Crippen LogP contribution in [0.25, 0.3) is 0 Å². The second-order valence-electron chi connectivity index (χ2n) is 3.50. The fourth-order valence-corrected chi connectivity index (χ4v) is 2.06. The van der Waals surface area contributed by atoms with Crippen molar-refractivity contribution < 1.29 is 19.1 Å². The Labute approximate surface area is 114 Å². The van der Waals surface area contributed by atoms with E-state index in [4.69, 9.17) is 4.74 Å². The van der Waals surface area contributed by atoms with Crippen molar-refractivity contribution in [3.63, 3.8) is 0 Å². The van der Waals surface area contributed by atoms with Crippen LogP contribution in [-0.4, -0.2) is 42.8 Å². The van der Waals surface area contributed by atoms with E-state index in [0.29, 0.717) is 5.13 Å². The predicted octanol–water partition coefficient (Wildman–Crippen LogP) is 0.680.